The highest BCUT2D eigenvalue weighted by Gasteiger charge is 2.39. The van der Waals surface area contributed by atoms with E-state index in [1.165, 1.54) is 0 Å². The molecule has 2 aliphatic rings. The van der Waals surface area contributed by atoms with Crippen molar-refractivity contribution in [2.24, 2.45) is 11.8 Å². The Labute approximate surface area is 107 Å². The highest BCUT2D eigenvalue weighted by Crippen LogP contribution is 2.30. The maximum atomic E-state index is 12.2. The van der Waals surface area contributed by atoms with E-state index >= 15 is 0 Å². The van der Waals surface area contributed by atoms with Crippen LogP contribution in [0.4, 0.5) is 0 Å². The molecule has 1 fully saturated rings. The molecule has 4 unspecified atom stereocenters. The van der Waals surface area contributed by atoms with E-state index < -0.39 is 0 Å². The van der Waals surface area contributed by atoms with E-state index in [4.69, 9.17) is 0 Å². The van der Waals surface area contributed by atoms with Crippen LogP contribution in [0, 0.1) is 11.8 Å². The molecule has 0 aromatic heterocycles. The third kappa shape index (κ3) is 1.95. The Morgan fingerprint density at radius 2 is 2.00 bits per heavy atom. The van der Waals surface area contributed by atoms with E-state index in [1.54, 1.807) is 0 Å². The van der Waals surface area contributed by atoms with Gasteiger partial charge in [-0.05, 0) is 17.9 Å². The predicted molar refractivity (Wildman–Crippen MR) is 70.7 cm³/mol. The van der Waals surface area contributed by atoms with Crippen molar-refractivity contribution < 1.29 is 4.79 Å². The third-order valence-electron chi connectivity index (χ3n) is 3.93. The Kier molecular flexibility index (Phi) is 2.92. The molecule has 1 aromatic carbocycles. The van der Waals surface area contributed by atoms with Crippen molar-refractivity contribution in [1.29, 1.82) is 0 Å². The molecular formula is C15H18N2O. The summed E-state index contributed by atoms with van der Waals surface area (Å²) >= 11 is 0. The molecule has 0 spiro atoms. The SMILES string of the molecule is CC1C=CCC2NC(c3ccccc3)NC(=O)C12. The number of carbonyl (C=O) groups excluding carboxylic acids is 1. The fourth-order valence-corrected chi connectivity index (χ4v) is 2.99. The second-order valence-corrected chi connectivity index (χ2v) is 5.17. The summed E-state index contributed by atoms with van der Waals surface area (Å²) in [6, 6.07) is 10.3. The average molecular weight is 242 g/mol. The first-order chi connectivity index (χ1) is 8.75. The highest BCUT2D eigenvalue weighted by molar-refractivity contribution is 5.81. The van der Waals surface area contributed by atoms with E-state index in [-0.39, 0.29) is 24.0 Å². The Balaban J connectivity index is 1.83. The van der Waals surface area contributed by atoms with Crippen LogP contribution in [0.25, 0.3) is 0 Å². The summed E-state index contributed by atoms with van der Waals surface area (Å²) in [5, 5.41) is 6.63. The zero-order valence-electron chi connectivity index (χ0n) is 10.5. The molecule has 1 aliphatic heterocycles. The van der Waals surface area contributed by atoms with Gasteiger partial charge in [-0.2, -0.15) is 0 Å². The van der Waals surface area contributed by atoms with Crippen LogP contribution in [0.1, 0.15) is 25.1 Å². The molecule has 1 amide bonds. The molecule has 1 heterocycles. The predicted octanol–water partition coefficient (Wildman–Crippen LogP) is 1.99. The fourth-order valence-electron chi connectivity index (χ4n) is 2.99. The monoisotopic (exact) mass is 242 g/mol. The average Bonchev–Trinajstić information content (AvgIpc) is 2.39. The first kappa shape index (κ1) is 11.5. The van der Waals surface area contributed by atoms with Gasteiger partial charge >= 0.3 is 0 Å². The molecular weight excluding hydrogens is 224 g/mol. The Morgan fingerprint density at radius 3 is 2.78 bits per heavy atom. The number of allylic oxidation sites excluding steroid dienone is 1. The minimum Gasteiger partial charge on any atom is -0.336 e. The van der Waals surface area contributed by atoms with Crippen molar-refractivity contribution in [2.75, 3.05) is 0 Å². The molecule has 0 saturated carbocycles. The zero-order chi connectivity index (χ0) is 12.5. The second kappa shape index (κ2) is 4.58. The van der Waals surface area contributed by atoms with Gasteiger partial charge in [-0.1, -0.05) is 49.4 Å². The molecule has 1 saturated heterocycles. The third-order valence-corrected chi connectivity index (χ3v) is 3.93. The van der Waals surface area contributed by atoms with Gasteiger partial charge < -0.3 is 5.32 Å². The number of hydrogen-bond acceptors (Lipinski definition) is 2. The molecule has 4 atom stereocenters. The minimum absolute atomic E-state index is 0.0568. The van der Waals surface area contributed by atoms with E-state index in [1.807, 2.05) is 30.3 Å². The molecule has 1 aromatic rings. The van der Waals surface area contributed by atoms with E-state index in [0.29, 0.717) is 5.92 Å². The van der Waals surface area contributed by atoms with E-state index in [2.05, 4.69) is 29.7 Å². The fraction of sp³-hybridized carbons (Fsp3) is 0.400. The van der Waals surface area contributed by atoms with Gasteiger partial charge in [0.15, 0.2) is 0 Å². The summed E-state index contributed by atoms with van der Waals surface area (Å²) in [4.78, 5) is 12.2. The van der Waals surface area contributed by atoms with Crippen LogP contribution >= 0.6 is 0 Å². The lowest BCUT2D eigenvalue weighted by Crippen LogP contribution is -2.58. The maximum absolute atomic E-state index is 12.2. The smallest absolute Gasteiger partial charge is 0.226 e. The van der Waals surface area contributed by atoms with Gasteiger partial charge in [0, 0.05) is 6.04 Å². The summed E-state index contributed by atoms with van der Waals surface area (Å²) in [6.07, 6.45) is 5.20. The van der Waals surface area contributed by atoms with Gasteiger partial charge in [-0.3, -0.25) is 10.1 Å². The van der Waals surface area contributed by atoms with Crippen LogP contribution < -0.4 is 10.6 Å². The van der Waals surface area contributed by atoms with Crippen molar-refractivity contribution in [3.63, 3.8) is 0 Å². The van der Waals surface area contributed by atoms with Crippen LogP contribution in [0.5, 0.6) is 0 Å². The number of nitrogens with one attached hydrogen (secondary N) is 2. The van der Waals surface area contributed by atoms with Crippen molar-refractivity contribution >= 4 is 5.91 Å². The van der Waals surface area contributed by atoms with Crippen molar-refractivity contribution in [1.82, 2.24) is 10.6 Å². The molecule has 94 valence electrons. The van der Waals surface area contributed by atoms with Crippen molar-refractivity contribution in [3.05, 3.63) is 48.0 Å². The number of hydrogen-bond donors (Lipinski definition) is 2. The van der Waals surface area contributed by atoms with Crippen LogP contribution in [-0.2, 0) is 4.79 Å². The van der Waals surface area contributed by atoms with Crippen molar-refractivity contribution in [2.45, 2.75) is 25.6 Å². The van der Waals surface area contributed by atoms with Gasteiger partial charge in [0.05, 0.1) is 5.92 Å². The van der Waals surface area contributed by atoms with Gasteiger partial charge in [0.2, 0.25) is 5.91 Å². The minimum atomic E-state index is -0.0568. The standard InChI is InChI=1S/C15H18N2O/c1-10-6-5-9-12-13(10)15(18)17-14(16-12)11-7-3-2-4-8-11/h2-8,10,12-14,16H,9H2,1H3,(H,17,18). The van der Waals surface area contributed by atoms with E-state index in [9.17, 15) is 4.79 Å². The van der Waals surface area contributed by atoms with Gasteiger partial charge in [-0.15, -0.1) is 0 Å². The lowest BCUT2D eigenvalue weighted by molar-refractivity contribution is -0.131. The summed E-state index contributed by atoms with van der Waals surface area (Å²) < 4.78 is 0. The number of benzene rings is 1. The Hall–Kier alpha value is -1.61. The zero-order valence-corrected chi connectivity index (χ0v) is 10.5. The largest absolute Gasteiger partial charge is 0.336 e. The number of fused-ring (bicyclic) bond motifs is 1. The number of carbonyl (C=O) groups is 1. The van der Waals surface area contributed by atoms with Crippen LogP contribution in [0.2, 0.25) is 0 Å². The molecule has 1 aliphatic carbocycles. The molecule has 3 nitrogen and oxygen atoms in total. The summed E-state index contributed by atoms with van der Waals surface area (Å²) in [5.41, 5.74) is 1.12. The normalized spacial score (nSPS) is 34.8. The van der Waals surface area contributed by atoms with Crippen LogP contribution in [-0.4, -0.2) is 11.9 Å². The molecule has 0 bridgehead atoms. The Bertz CT molecular complexity index is 469. The molecule has 0 radical (unpaired) electrons. The quantitative estimate of drug-likeness (QED) is 0.739. The summed E-state index contributed by atoms with van der Waals surface area (Å²) in [7, 11) is 0. The van der Waals surface area contributed by atoms with Crippen molar-refractivity contribution in [3.8, 4) is 0 Å². The molecule has 3 heteroatoms. The first-order valence-corrected chi connectivity index (χ1v) is 6.54. The van der Waals surface area contributed by atoms with Gasteiger partial charge in [0.25, 0.3) is 0 Å². The van der Waals surface area contributed by atoms with Crippen LogP contribution in [0.15, 0.2) is 42.5 Å². The van der Waals surface area contributed by atoms with Crippen LogP contribution in [0.3, 0.4) is 0 Å². The lowest BCUT2D eigenvalue weighted by atomic mass is 9.79. The maximum Gasteiger partial charge on any atom is 0.226 e. The second-order valence-electron chi connectivity index (χ2n) is 5.17. The number of amides is 1. The molecule has 18 heavy (non-hydrogen) atoms. The highest BCUT2D eigenvalue weighted by atomic mass is 16.2. The molecule has 2 N–H and O–H groups in total. The van der Waals surface area contributed by atoms with E-state index in [0.717, 1.165) is 12.0 Å². The van der Waals surface area contributed by atoms with Gasteiger partial charge in [0.1, 0.15) is 6.17 Å². The first-order valence-electron chi connectivity index (χ1n) is 6.54. The molecule has 3 rings (SSSR count). The van der Waals surface area contributed by atoms with Gasteiger partial charge in [-0.25, -0.2) is 0 Å². The topological polar surface area (TPSA) is 41.1 Å². The summed E-state index contributed by atoms with van der Waals surface area (Å²) in [5.74, 6) is 0.549. The lowest BCUT2D eigenvalue weighted by Gasteiger charge is -2.41. The number of rotatable bonds is 1. The Morgan fingerprint density at radius 1 is 1.22 bits per heavy atom. The summed E-state index contributed by atoms with van der Waals surface area (Å²) in [6.45, 7) is 2.11.